The lowest BCUT2D eigenvalue weighted by Crippen LogP contribution is -2.37. The van der Waals surface area contributed by atoms with Gasteiger partial charge in [0.2, 0.25) is 15.9 Å². The van der Waals surface area contributed by atoms with Crippen molar-refractivity contribution in [2.45, 2.75) is 32.7 Å². The molecule has 2 aromatic rings. The molecule has 1 heterocycles. The number of carbonyl (C=O) groups is 1. The van der Waals surface area contributed by atoms with E-state index in [2.05, 4.69) is 5.32 Å². The third kappa shape index (κ3) is 6.78. The van der Waals surface area contributed by atoms with E-state index in [0.717, 1.165) is 17.6 Å². The summed E-state index contributed by atoms with van der Waals surface area (Å²) in [6.45, 7) is 5.28. The Morgan fingerprint density at radius 1 is 1.12 bits per heavy atom. The number of sulfonamides is 1. The van der Waals surface area contributed by atoms with E-state index in [-0.39, 0.29) is 24.9 Å². The molecule has 1 atom stereocenters. The average molecular weight is 463 g/mol. The number of anilines is 1. The Balaban J connectivity index is 1.49. The lowest BCUT2D eigenvalue weighted by Gasteiger charge is -2.25. The normalized spacial score (nSPS) is 13.8. The van der Waals surface area contributed by atoms with Crippen molar-refractivity contribution in [1.29, 1.82) is 0 Å². The maximum Gasteiger partial charge on any atom is 0.232 e. The van der Waals surface area contributed by atoms with Crippen LogP contribution in [0.2, 0.25) is 0 Å². The van der Waals surface area contributed by atoms with Gasteiger partial charge >= 0.3 is 0 Å². The highest BCUT2D eigenvalue weighted by molar-refractivity contribution is 7.92. The summed E-state index contributed by atoms with van der Waals surface area (Å²) in [5, 5.41) is 2.89. The van der Waals surface area contributed by atoms with E-state index in [1.165, 1.54) is 4.31 Å². The second-order valence-corrected chi connectivity index (χ2v) is 9.77. The second-order valence-electron chi connectivity index (χ2n) is 7.86. The van der Waals surface area contributed by atoms with Gasteiger partial charge in [0.25, 0.3) is 0 Å². The quantitative estimate of drug-likeness (QED) is 0.584. The molecule has 2 aromatic carbocycles. The summed E-state index contributed by atoms with van der Waals surface area (Å²) >= 11 is 0. The molecule has 0 aliphatic carbocycles. The zero-order valence-electron chi connectivity index (χ0n) is 18.7. The number of benzene rings is 2. The van der Waals surface area contributed by atoms with Crippen molar-refractivity contribution in [3.8, 4) is 17.2 Å². The van der Waals surface area contributed by atoms with Crippen LogP contribution < -0.4 is 23.8 Å². The molecule has 1 unspecified atom stereocenters. The van der Waals surface area contributed by atoms with E-state index >= 15 is 0 Å². The maximum atomic E-state index is 12.3. The minimum atomic E-state index is -3.52. The zero-order valence-corrected chi connectivity index (χ0v) is 19.5. The molecule has 0 saturated heterocycles. The number of ether oxygens (including phenoxy) is 3. The molecule has 0 aromatic heterocycles. The molecule has 1 aliphatic heterocycles. The smallest absolute Gasteiger partial charge is 0.232 e. The van der Waals surface area contributed by atoms with Crippen LogP contribution in [0.1, 0.15) is 25.3 Å². The molecule has 9 heteroatoms. The van der Waals surface area contributed by atoms with Gasteiger partial charge in [-0.3, -0.25) is 9.10 Å². The summed E-state index contributed by atoms with van der Waals surface area (Å²) < 4.78 is 42.7. The molecular weight excluding hydrogens is 432 g/mol. The summed E-state index contributed by atoms with van der Waals surface area (Å²) in [5.41, 5.74) is 1.63. The van der Waals surface area contributed by atoms with Gasteiger partial charge in [0, 0.05) is 19.0 Å². The van der Waals surface area contributed by atoms with E-state index in [9.17, 15) is 13.2 Å². The van der Waals surface area contributed by atoms with Gasteiger partial charge in [-0.2, -0.15) is 0 Å². The molecule has 0 radical (unpaired) electrons. The molecule has 1 N–H and O–H groups in total. The van der Waals surface area contributed by atoms with E-state index < -0.39 is 10.0 Å². The molecule has 1 aliphatic rings. The van der Waals surface area contributed by atoms with Crippen molar-refractivity contribution >= 4 is 21.6 Å². The molecule has 0 bridgehead atoms. The van der Waals surface area contributed by atoms with E-state index in [1.54, 1.807) is 18.2 Å². The first kappa shape index (κ1) is 23.7. The van der Waals surface area contributed by atoms with Gasteiger partial charge < -0.3 is 19.5 Å². The lowest BCUT2D eigenvalue weighted by molar-refractivity contribution is -0.121. The minimum Gasteiger partial charge on any atom is -0.491 e. The first-order valence-electron chi connectivity index (χ1n) is 10.6. The second kappa shape index (κ2) is 10.6. The predicted molar refractivity (Wildman–Crippen MR) is 123 cm³/mol. The standard InChI is InChI=1S/C23H30N2O6S/c1-17-6-9-20(10-7-17)31-16-18(2)24-23(26)5-4-12-25(32(3,27)28)19-8-11-21-22(15-19)30-14-13-29-21/h6-11,15,18H,4-5,12-14,16H2,1-3H3,(H,24,26). The van der Waals surface area contributed by atoms with Gasteiger partial charge in [0.1, 0.15) is 25.6 Å². The predicted octanol–water partition coefficient (Wildman–Crippen LogP) is 2.90. The number of rotatable bonds is 10. The fourth-order valence-electron chi connectivity index (χ4n) is 3.30. The van der Waals surface area contributed by atoms with Crippen LogP contribution in [0.4, 0.5) is 5.69 Å². The SMILES string of the molecule is Cc1ccc(OCC(C)NC(=O)CCCN(c2ccc3c(c2)OCCO3)S(C)(=O)=O)cc1. The van der Waals surface area contributed by atoms with Crippen LogP contribution in [-0.4, -0.2) is 53.0 Å². The van der Waals surface area contributed by atoms with Gasteiger partial charge in [0.15, 0.2) is 11.5 Å². The van der Waals surface area contributed by atoms with Gasteiger partial charge in [-0.05, 0) is 44.5 Å². The first-order chi connectivity index (χ1) is 15.2. The van der Waals surface area contributed by atoms with Gasteiger partial charge in [-0.25, -0.2) is 8.42 Å². The summed E-state index contributed by atoms with van der Waals surface area (Å²) in [6, 6.07) is 12.6. The summed E-state index contributed by atoms with van der Waals surface area (Å²) in [6.07, 6.45) is 1.72. The van der Waals surface area contributed by atoms with Crippen molar-refractivity contribution < 1.29 is 27.4 Å². The Hall–Kier alpha value is -2.94. The zero-order chi connectivity index (χ0) is 23.1. The molecule has 0 saturated carbocycles. The Labute approximate surface area is 189 Å². The van der Waals surface area contributed by atoms with Gasteiger partial charge in [0.05, 0.1) is 18.0 Å². The Kier molecular flexibility index (Phi) is 7.84. The van der Waals surface area contributed by atoms with Crippen molar-refractivity contribution in [1.82, 2.24) is 5.32 Å². The minimum absolute atomic E-state index is 0.152. The van der Waals surface area contributed by atoms with Crippen LogP contribution in [0, 0.1) is 6.92 Å². The largest absolute Gasteiger partial charge is 0.491 e. The van der Waals surface area contributed by atoms with E-state index in [4.69, 9.17) is 14.2 Å². The fourth-order valence-corrected chi connectivity index (χ4v) is 4.26. The summed E-state index contributed by atoms with van der Waals surface area (Å²) in [5.74, 6) is 1.71. The topological polar surface area (TPSA) is 94.2 Å². The molecule has 32 heavy (non-hydrogen) atoms. The summed E-state index contributed by atoms with van der Waals surface area (Å²) in [4.78, 5) is 12.3. The number of hydrogen-bond acceptors (Lipinski definition) is 6. The van der Waals surface area contributed by atoms with Crippen LogP contribution in [0.15, 0.2) is 42.5 Å². The third-order valence-electron chi connectivity index (χ3n) is 4.91. The van der Waals surface area contributed by atoms with Crippen LogP contribution in [0.25, 0.3) is 0 Å². The number of carbonyl (C=O) groups excluding carboxylic acids is 1. The fraction of sp³-hybridized carbons (Fsp3) is 0.435. The highest BCUT2D eigenvalue weighted by atomic mass is 32.2. The molecule has 8 nitrogen and oxygen atoms in total. The Morgan fingerprint density at radius 2 is 1.81 bits per heavy atom. The Bertz CT molecular complexity index is 1020. The molecule has 0 spiro atoms. The first-order valence-corrected chi connectivity index (χ1v) is 12.4. The highest BCUT2D eigenvalue weighted by Gasteiger charge is 2.21. The molecular formula is C23H30N2O6S. The summed E-state index contributed by atoms with van der Waals surface area (Å²) in [7, 11) is -3.52. The third-order valence-corrected chi connectivity index (χ3v) is 6.10. The van der Waals surface area contributed by atoms with Crippen molar-refractivity contribution in [2.24, 2.45) is 0 Å². The molecule has 0 fully saturated rings. The molecule has 174 valence electrons. The molecule has 3 rings (SSSR count). The van der Waals surface area contributed by atoms with Crippen molar-refractivity contribution in [3.63, 3.8) is 0 Å². The van der Waals surface area contributed by atoms with E-state index in [1.807, 2.05) is 38.1 Å². The number of aryl methyl sites for hydroxylation is 1. The highest BCUT2D eigenvalue weighted by Crippen LogP contribution is 2.34. The number of nitrogens with zero attached hydrogens (tertiary/aromatic N) is 1. The van der Waals surface area contributed by atoms with Crippen LogP contribution in [0.3, 0.4) is 0 Å². The Morgan fingerprint density at radius 3 is 2.50 bits per heavy atom. The van der Waals surface area contributed by atoms with Crippen LogP contribution >= 0.6 is 0 Å². The van der Waals surface area contributed by atoms with Crippen LogP contribution in [0.5, 0.6) is 17.2 Å². The lowest BCUT2D eigenvalue weighted by atomic mass is 10.2. The number of amides is 1. The molecule has 1 amide bonds. The number of fused-ring (bicyclic) bond motifs is 1. The monoisotopic (exact) mass is 462 g/mol. The van der Waals surface area contributed by atoms with Crippen LogP contribution in [-0.2, 0) is 14.8 Å². The van der Waals surface area contributed by atoms with Crippen molar-refractivity contribution in [2.75, 3.05) is 36.9 Å². The van der Waals surface area contributed by atoms with Gasteiger partial charge in [-0.15, -0.1) is 0 Å². The van der Waals surface area contributed by atoms with Crippen molar-refractivity contribution in [3.05, 3.63) is 48.0 Å². The number of hydrogen-bond donors (Lipinski definition) is 1. The number of nitrogens with one attached hydrogen (secondary N) is 1. The van der Waals surface area contributed by atoms with E-state index in [0.29, 0.717) is 43.4 Å². The maximum absolute atomic E-state index is 12.3. The van der Waals surface area contributed by atoms with Gasteiger partial charge in [-0.1, -0.05) is 17.7 Å². The average Bonchev–Trinajstić information content (AvgIpc) is 2.75.